The number of nitrogens with zero attached hydrogens (tertiary/aromatic N) is 1. The monoisotopic (exact) mass is 304 g/mol. The zero-order valence-corrected chi connectivity index (χ0v) is 12.9. The highest BCUT2D eigenvalue weighted by Crippen LogP contribution is 2.35. The van der Waals surface area contributed by atoms with Gasteiger partial charge in [0.05, 0.1) is 19.8 Å². The lowest BCUT2D eigenvalue weighted by Crippen LogP contribution is -2.50. The highest BCUT2D eigenvalue weighted by molar-refractivity contribution is 5.76. The summed E-state index contributed by atoms with van der Waals surface area (Å²) in [5.74, 6) is 1.06. The molecule has 0 atom stereocenters. The number of fused-ring (bicyclic) bond motifs is 1. The van der Waals surface area contributed by atoms with E-state index in [0.717, 1.165) is 30.6 Å². The maximum absolute atomic E-state index is 12.5. The molecule has 1 aromatic carbocycles. The van der Waals surface area contributed by atoms with Crippen molar-refractivity contribution in [3.8, 4) is 5.75 Å². The summed E-state index contributed by atoms with van der Waals surface area (Å²) in [6.45, 7) is 3.17. The summed E-state index contributed by atoms with van der Waals surface area (Å²) < 4.78 is 11.9. The van der Waals surface area contributed by atoms with E-state index in [1.807, 2.05) is 29.2 Å². The van der Waals surface area contributed by atoms with Crippen LogP contribution in [0.3, 0.4) is 0 Å². The summed E-state index contributed by atoms with van der Waals surface area (Å²) in [5.41, 5.74) is 6.30. The van der Waals surface area contributed by atoms with Crippen LogP contribution in [0.2, 0.25) is 0 Å². The quantitative estimate of drug-likeness (QED) is 0.923. The van der Waals surface area contributed by atoms with Crippen LogP contribution in [0.25, 0.3) is 0 Å². The Kier molecular flexibility index (Phi) is 4.64. The van der Waals surface area contributed by atoms with Crippen molar-refractivity contribution in [2.45, 2.75) is 37.8 Å². The molecule has 1 saturated heterocycles. The molecule has 2 aliphatic heterocycles. The van der Waals surface area contributed by atoms with E-state index in [9.17, 15) is 4.79 Å². The SMILES string of the molecule is NCCCC(=O)N1Cc2ccccc2OC2(CCOCC2)C1. The molecule has 3 rings (SSSR count). The minimum Gasteiger partial charge on any atom is -0.485 e. The van der Waals surface area contributed by atoms with Crippen molar-refractivity contribution in [2.24, 2.45) is 5.73 Å². The van der Waals surface area contributed by atoms with Gasteiger partial charge in [-0.15, -0.1) is 0 Å². The lowest BCUT2D eigenvalue weighted by Gasteiger charge is -2.39. The number of para-hydroxylation sites is 1. The van der Waals surface area contributed by atoms with Gasteiger partial charge < -0.3 is 20.1 Å². The summed E-state index contributed by atoms with van der Waals surface area (Å²) in [4.78, 5) is 14.5. The average molecular weight is 304 g/mol. The Balaban J connectivity index is 1.86. The lowest BCUT2D eigenvalue weighted by molar-refractivity contribution is -0.136. The van der Waals surface area contributed by atoms with Crippen molar-refractivity contribution in [3.63, 3.8) is 0 Å². The predicted octanol–water partition coefficient (Wildman–Crippen LogP) is 1.70. The number of hydrogen-bond acceptors (Lipinski definition) is 4. The van der Waals surface area contributed by atoms with Gasteiger partial charge >= 0.3 is 0 Å². The van der Waals surface area contributed by atoms with Gasteiger partial charge in [0.2, 0.25) is 5.91 Å². The Morgan fingerprint density at radius 3 is 2.82 bits per heavy atom. The standard InChI is InChI=1S/C17H24N2O3/c18-9-3-6-16(20)19-12-14-4-1-2-5-15(14)22-17(13-19)7-10-21-11-8-17/h1-2,4-5H,3,6-13,18H2. The second-order valence-electron chi connectivity index (χ2n) is 6.15. The fourth-order valence-corrected chi connectivity index (χ4v) is 3.20. The number of rotatable bonds is 3. The number of hydrogen-bond donors (Lipinski definition) is 1. The van der Waals surface area contributed by atoms with E-state index in [-0.39, 0.29) is 11.5 Å². The third-order valence-corrected chi connectivity index (χ3v) is 4.49. The van der Waals surface area contributed by atoms with Crippen LogP contribution in [0, 0.1) is 0 Å². The van der Waals surface area contributed by atoms with Crippen molar-refractivity contribution >= 4 is 5.91 Å². The van der Waals surface area contributed by atoms with Gasteiger partial charge in [-0.3, -0.25) is 4.79 Å². The lowest BCUT2D eigenvalue weighted by atomic mass is 9.93. The van der Waals surface area contributed by atoms with E-state index in [1.54, 1.807) is 0 Å². The molecule has 2 N–H and O–H groups in total. The van der Waals surface area contributed by atoms with E-state index in [0.29, 0.717) is 39.3 Å². The summed E-state index contributed by atoms with van der Waals surface area (Å²) >= 11 is 0. The van der Waals surface area contributed by atoms with Crippen LogP contribution in [0.4, 0.5) is 0 Å². The molecule has 1 aromatic rings. The third kappa shape index (κ3) is 3.25. The average Bonchev–Trinajstić information content (AvgIpc) is 2.69. The molecule has 120 valence electrons. The molecule has 5 heteroatoms. The molecule has 0 aliphatic carbocycles. The summed E-state index contributed by atoms with van der Waals surface area (Å²) in [5, 5.41) is 0. The Labute approximate surface area is 131 Å². The smallest absolute Gasteiger partial charge is 0.223 e. The van der Waals surface area contributed by atoms with Crippen LogP contribution in [-0.2, 0) is 16.1 Å². The first-order chi connectivity index (χ1) is 10.7. The van der Waals surface area contributed by atoms with Gasteiger partial charge in [0, 0.05) is 31.4 Å². The van der Waals surface area contributed by atoms with Crippen molar-refractivity contribution < 1.29 is 14.3 Å². The van der Waals surface area contributed by atoms with Crippen molar-refractivity contribution in [1.29, 1.82) is 0 Å². The normalized spacial score (nSPS) is 20.1. The van der Waals surface area contributed by atoms with Gasteiger partial charge in [0.1, 0.15) is 11.4 Å². The molecular weight excluding hydrogens is 280 g/mol. The fourth-order valence-electron chi connectivity index (χ4n) is 3.20. The first-order valence-corrected chi connectivity index (χ1v) is 8.05. The van der Waals surface area contributed by atoms with Crippen molar-refractivity contribution in [2.75, 3.05) is 26.3 Å². The molecule has 1 fully saturated rings. The zero-order chi connectivity index (χ0) is 15.4. The number of nitrogens with two attached hydrogens (primary N) is 1. The van der Waals surface area contributed by atoms with Gasteiger partial charge in [-0.25, -0.2) is 0 Å². The maximum Gasteiger partial charge on any atom is 0.223 e. The first-order valence-electron chi connectivity index (χ1n) is 8.05. The van der Waals surface area contributed by atoms with E-state index in [2.05, 4.69) is 0 Å². The molecule has 0 bridgehead atoms. The minimum atomic E-state index is -0.316. The zero-order valence-electron chi connectivity index (χ0n) is 12.9. The van der Waals surface area contributed by atoms with E-state index >= 15 is 0 Å². The molecule has 0 aromatic heterocycles. The number of benzene rings is 1. The van der Waals surface area contributed by atoms with Crippen LogP contribution >= 0.6 is 0 Å². The van der Waals surface area contributed by atoms with E-state index < -0.39 is 0 Å². The molecule has 0 saturated carbocycles. The molecule has 1 amide bonds. The van der Waals surface area contributed by atoms with Gasteiger partial charge in [-0.1, -0.05) is 18.2 Å². The summed E-state index contributed by atoms with van der Waals surface area (Å²) in [6.07, 6.45) is 2.88. The van der Waals surface area contributed by atoms with E-state index in [4.69, 9.17) is 15.2 Å². The number of ether oxygens (including phenoxy) is 2. The van der Waals surface area contributed by atoms with Gasteiger partial charge in [0.15, 0.2) is 0 Å². The Hall–Kier alpha value is -1.59. The molecule has 0 radical (unpaired) electrons. The Morgan fingerprint density at radius 1 is 1.27 bits per heavy atom. The van der Waals surface area contributed by atoms with E-state index in [1.165, 1.54) is 0 Å². The molecule has 1 spiro atoms. The molecule has 2 heterocycles. The predicted molar refractivity (Wildman–Crippen MR) is 83.6 cm³/mol. The topological polar surface area (TPSA) is 64.8 Å². The van der Waals surface area contributed by atoms with Crippen LogP contribution < -0.4 is 10.5 Å². The molecule has 5 nitrogen and oxygen atoms in total. The summed E-state index contributed by atoms with van der Waals surface area (Å²) in [6, 6.07) is 8.02. The maximum atomic E-state index is 12.5. The molecule has 2 aliphatic rings. The third-order valence-electron chi connectivity index (χ3n) is 4.49. The van der Waals surface area contributed by atoms with Crippen molar-refractivity contribution in [3.05, 3.63) is 29.8 Å². The van der Waals surface area contributed by atoms with Crippen LogP contribution in [0.1, 0.15) is 31.2 Å². The number of amides is 1. The second kappa shape index (κ2) is 6.67. The molecule has 22 heavy (non-hydrogen) atoms. The van der Waals surface area contributed by atoms with Crippen LogP contribution in [0.5, 0.6) is 5.75 Å². The van der Waals surface area contributed by atoms with Crippen LogP contribution in [0.15, 0.2) is 24.3 Å². The van der Waals surface area contributed by atoms with Gasteiger partial charge in [0.25, 0.3) is 0 Å². The largest absolute Gasteiger partial charge is 0.485 e. The molecular formula is C17H24N2O3. The first kappa shape index (κ1) is 15.3. The highest BCUT2D eigenvalue weighted by Gasteiger charge is 2.40. The van der Waals surface area contributed by atoms with Crippen molar-refractivity contribution in [1.82, 2.24) is 4.90 Å². The highest BCUT2D eigenvalue weighted by atomic mass is 16.5. The Bertz CT molecular complexity index is 526. The number of carbonyl (C=O) groups is 1. The fraction of sp³-hybridized carbons (Fsp3) is 0.588. The van der Waals surface area contributed by atoms with Gasteiger partial charge in [-0.05, 0) is 19.0 Å². The number of carbonyl (C=O) groups excluding carboxylic acids is 1. The summed E-state index contributed by atoms with van der Waals surface area (Å²) in [7, 11) is 0. The minimum absolute atomic E-state index is 0.164. The Morgan fingerprint density at radius 2 is 2.05 bits per heavy atom. The van der Waals surface area contributed by atoms with Crippen LogP contribution in [-0.4, -0.2) is 42.7 Å². The molecule has 0 unspecified atom stereocenters. The second-order valence-corrected chi connectivity index (χ2v) is 6.15. The van der Waals surface area contributed by atoms with Gasteiger partial charge in [-0.2, -0.15) is 0 Å².